The second kappa shape index (κ2) is 5.62. The molecule has 0 N–H and O–H groups in total. The monoisotopic (exact) mass is 296 g/mol. The van der Waals surface area contributed by atoms with Gasteiger partial charge in [-0.3, -0.25) is 0 Å². The molecule has 0 unspecified atom stereocenters. The second-order valence-electron chi connectivity index (χ2n) is 5.51. The van der Waals surface area contributed by atoms with Crippen molar-refractivity contribution in [3.8, 4) is 0 Å². The van der Waals surface area contributed by atoms with Crippen LogP contribution in [0.3, 0.4) is 0 Å². The average Bonchev–Trinajstić information content (AvgIpc) is 3.04. The Labute approximate surface area is 135 Å². The fraction of sp³-hybridized carbons (Fsp3) is 0. The molecule has 0 saturated carbocycles. The van der Waals surface area contributed by atoms with E-state index in [9.17, 15) is 0 Å². The van der Waals surface area contributed by atoms with Gasteiger partial charge in [0.15, 0.2) is 0 Å². The average molecular weight is 296 g/mol. The van der Waals surface area contributed by atoms with Gasteiger partial charge in [-0.25, -0.2) is 0 Å². The first-order valence-electron chi connectivity index (χ1n) is 7.66. The molecule has 110 valence electrons. The Hall–Kier alpha value is -3.06. The first-order chi connectivity index (χ1) is 11.3. The van der Waals surface area contributed by atoms with Gasteiger partial charge >= 0.3 is 0 Å². The molecule has 3 aromatic carbocycles. The number of furan rings is 1. The van der Waals surface area contributed by atoms with Crippen LogP contribution in [0.4, 0.5) is 0 Å². The predicted octanol–water partition coefficient (Wildman–Crippen LogP) is 6.40. The lowest BCUT2D eigenvalue weighted by Crippen LogP contribution is -1.77. The molecule has 4 rings (SSSR count). The van der Waals surface area contributed by atoms with Gasteiger partial charge in [0, 0.05) is 5.39 Å². The van der Waals surface area contributed by atoms with Crippen molar-refractivity contribution >= 4 is 40.0 Å². The maximum Gasteiger partial charge on any atom is 0.135 e. The second-order valence-corrected chi connectivity index (χ2v) is 5.51. The summed E-state index contributed by atoms with van der Waals surface area (Å²) in [6, 6.07) is 22.8. The maximum absolute atomic E-state index is 5.96. The van der Waals surface area contributed by atoms with E-state index in [1.807, 2.05) is 30.4 Å². The van der Waals surface area contributed by atoms with Crippen LogP contribution in [0.1, 0.15) is 16.9 Å². The number of hydrogen-bond donors (Lipinski definition) is 0. The van der Waals surface area contributed by atoms with Crippen molar-refractivity contribution < 1.29 is 4.42 Å². The Morgan fingerprint density at radius 1 is 0.739 bits per heavy atom. The highest BCUT2D eigenvalue weighted by atomic mass is 16.3. The van der Waals surface area contributed by atoms with Crippen LogP contribution in [0.5, 0.6) is 0 Å². The summed E-state index contributed by atoms with van der Waals surface area (Å²) in [5.74, 6) is 0.857. The molecule has 0 spiro atoms. The van der Waals surface area contributed by atoms with Gasteiger partial charge in [-0.15, -0.1) is 0 Å². The molecule has 4 aromatic rings. The smallest absolute Gasteiger partial charge is 0.135 e. The van der Waals surface area contributed by atoms with Crippen molar-refractivity contribution in [2.45, 2.75) is 0 Å². The summed E-state index contributed by atoms with van der Waals surface area (Å²) >= 11 is 0. The minimum absolute atomic E-state index is 0.857. The molecular formula is C22H16O. The van der Waals surface area contributed by atoms with E-state index in [0.717, 1.165) is 27.9 Å². The highest BCUT2D eigenvalue weighted by molar-refractivity contribution is 6.06. The zero-order chi connectivity index (χ0) is 15.6. The van der Waals surface area contributed by atoms with Crippen LogP contribution in [-0.2, 0) is 0 Å². The number of benzene rings is 3. The van der Waals surface area contributed by atoms with Crippen molar-refractivity contribution in [1.29, 1.82) is 0 Å². The molecule has 0 aliphatic rings. The van der Waals surface area contributed by atoms with Gasteiger partial charge in [-0.2, -0.15) is 0 Å². The summed E-state index contributed by atoms with van der Waals surface area (Å²) in [5, 5.41) is 3.60. The van der Waals surface area contributed by atoms with Gasteiger partial charge < -0.3 is 4.42 Å². The fourth-order valence-electron chi connectivity index (χ4n) is 2.91. The minimum atomic E-state index is 0.857. The first kappa shape index (κ1) is 13.6. The summed E-state index contributed by atoms with van der Waals surface area (Å²) in [4.78, 5) is 0. The molecule has 0 bridgehead atoms. The van der Waals surface area contributed by atoms with Gasteiger partial charge in [0.1, 0.15) is 11.3 Å². The number of fused-ring (bicyclic) bond motifs is 3. The topological polar surface area (TPSA) is 13.1 Å². The Balaban J connectivity index is 1.79. The molecule has 0 aliphatic carbocycles. The third-order valence-electron chi connectivity index (χ3n) is 4.09. The number of rotatable bonds is 3. The van der Waals surface area contributed by atoms with Gasteiger partial charge in [0.05, 0.1) is 0 Å². The highest BCUT2D eigenvalue weighted by Crippen LogP contribution is 2.29. The molecule has 23 heavy (non-hydrogen) atoms. The van der Waals surface area contributed by atoms with Crippen LogP contribution >= 0.6 is 0 Å². The van der Waals surface area contributed by atoms with Crippen LogP contribution in [-0.4, -0.2) is 0 Å². The van der Waals surface area contributed by atoms with Gasteiger partial charge in [-0.05, 0) is 40.1 Å². The minimum Gasteiger partial charge on any atom is -0.457 e. The Morgan fingerprint density at radius 2 is 1.52 bits per heavy atom. The Kier molecular flexibility index (Phi) is 3.32. The van der Waals surface area contributed by atoms with E-state index in [1.165, 1.54) is 10.8 Å². The fourth-order valence-corrected chi connectivity index (χ4v) is 2.91. The van der Waals surface area contributed by atoms with Crippen LogP contribution in [0, 0.1) is 0 Å². The van der Waals surface area contributed by atoms with Gasteiger partial charge in [0.25, 0.3) is 0 Å². The summed E-state index contributed by atoms with van der Waals surface area (Å²) in [6.07, 6.45) is 5.94. The Morgan fingerprint density at radius 3 is 2.39 bits per heavy atom. The summed E-state index contributed by atoms with van der Waals surface area (Å²) in [7, 11) is 0. The molecule has 1 nitrogen and oxygen atoms in total. The zero-order valence-electron chi connectivity index (χ0n) is 12.7. The van der Waals surface area contributed by atoms with Crippen LogP contribution < -0.4 is 0 Å². The lowest BCUT2D eigenvalue weighted by molar-refractivity contribution is 0.605. The van der Waals surface area contributed by atoms with E-state index in [2.05, 4.69) is 61.2 Å². The predicted molar refractivity (Wildman–Crippen MR) is 99.2 cm³/mol. The lowest BCUT2D eigenvalue weighted by Gasteiger charge is -1.98. The van der Waals surface area contributed by atoms with Crippen molar-refractivity contribution in [3.05, 3.63) is 90.2 Å². The van der Waals surface area contributed by atoms with E-state index >= 15 is 0 Å². The number of hydrogen-bond acceptors (Lipinski definition) is 1. The van der Waals surface area contributed by atoms with E-state index in [0.29, 0.717) is 0 Å². The molecule has 1 heterocycles. The first-order valence-corrected chi connectivity index (χ1v) is 7.66. The Bertz CT molecular complexity index is 1030. The van der Waals surface area contributed by atoms with Crippen molar-refractivity contribution in [3.63, 3.8) is 0 Å². The van der Waals surface area contributed by atoms with E-state index in [-0.39, 0.29) is 0 Å². The molecule has 0 amide bonds. The normalized spacial score (nSPS) is 11.5. The summed E-state index contributed by atoms with van der Waals surface area (Å²) in [6.45, 7) is 3.86. The van der Waals surface area contributed by atoms with Crippen LogP contribution in [0.2, 0.25) is 0 Å². The van der Waals surface area contributed by atoms with Gasteiger partial charge in [0.2, 0.25) is 0 Å². The van der Waals surface area contributed by atoms with E-state index < -0.39 is 0 Å². The summed E-state index contributed by atoms with van der Waals surface area (Å²) in [5.41, 5.74) is 3.17. The van der Waals surface area contributed by atoms with Crippen LogP contribution in [0.25, 0.3) is 40.0 Å². The molecule has 0 saturated heterocycles. The standard InChI is InChI=1S/C22H16O/c1-2-16-7-3-4-8-17(16)11-13-19-15-21-20-10-6-5-9-18(20)12-14-22(21)23-19/h2-15H,1H2/b13-11-. The van der Waals surface area contributed by atoms with Crippen molar-refractivity contribution in [2.24, 2.45) is 0 Å². The lowest BCUT2D eigenvalue weighted by atomic mass is 10.1. The molecule has 0 atom stereocenters. The maximum atomic E-state index is 5.96. The third-order valence-corrected chi connectivity index (χ3v) is 4.09. The molecular weight excluding hydrogens is 280 g/mol. The van der Waals surface area contributed by atoms with E-state index in [1.54, 1.807) is 0 Å². The van der Waals surface area contributed by atoms with Gasteiger partial charge in [-0.1, -0.05) is 73.3 Å². The summed E-state index contributed by atoms with van der Waals surface area (Å²) < 4.78 is 5.96. The largest absolute Gasteiger partial charge is 0.457 e. The molecule has 0 aliphatic heterocycles. The van der Waals surface area contributed by atoms with Crippen LogP contribution in [0.15, 0.2) is 77.7 Å². The molecule has 1 aromatic heterocycles. The quantitative estimate of drug-likeness (QED) is 0.426. The third kappa shape index (κ3) is 2.47. The highest BCUT2D eigenvalue weighted by Gasteiger charge is 2.05. The zero-order valence-corrected chi connectivity index (χ0v) is 12.7. The SMILES string of the molecule is C=Cc1ccccc1/C=C\c1cc2c(ccc3ccccc32)o1. The van der Waals surface area contributed by atoms with Crippen molar-refractivity contribution in [2.75, 3.05) is 0 Å². The molecule has 0 radical (unpaired) electrons. The van der Waals surface area contributed by atoms with E-state index in [4.69, 9.17) is 4.42 Å². The van der Waals surface area contributed by atoms with Crippen molar-refractivity contribution in [1.82, 2.24) is 0 Å². The molecule has 1 heteroatoms. The molecule has 0 fully saturated rings.